The van der Waals surface area contributed by atoms with E-state index in [1.165, 1.54) is 18.4 Å². The summed E-state index contributed by atoms with van der Waals surface area (Å²) in [6, 6.07) is 0. The van der Waals surface area contributed by atoms with Crippen LogP contribution in [0.3, 0.4) is 0 Å². The number of hydrogen-bond acceptors (Lipinski definition) is 7. The van der Waals surface area contributed by atoms with E-state index in [-0.39, 0.29) is 17.5 Å². The molecule has 9 heteroatoms. The zero-order valence-electron chi connectivity index (χ0n) is 14.0. The van der Waals surface area contributed by atoms with Crippen molar-refractivity contribution < 1.29 is 19.1 Å². The lowest BCUT2D eigenvalue weighted by Crippen LogP contribution is -2.22. The van der Waals surface area contributed by atoms with E-state index in [0.717, 1.165) is 41.5 Å². The Labute approximate surface area is 153 Å². The molecule has 0 radical (unpaired) electrons. The van der Waals surface area contributed by atoms with Crippen LogP contribution in [0.4, 0.5) is 5.00 Å². The first kappa shape index (κ1) is 17.9. The van der Waals surface area contributed by atoms with Crippen molar-refractivity contribution in [2.75, 3.05) is 12.4 Å². The van der Waals surface area contributed by atoms with Crippen molar-refractivity contribution >= 4 is 51.1 Å². The number of esters is 1. The lowest BCUT2D eigenvalue weighted by molar-refractivity contribution is -0.121. The third kappa shape index (κ3) is 3.72. The van der Waals surface area contributed by atoms with Crippen LogP contribution in [-0.4, -0.2) is 35.3 Å². The Morgan fingerprint density at radius 1 is 1.44 bits per heavy atom. The number of thiophene rings is 1. The van der Waals surface area contributed by atoms with E-state index in [9.17, 15) is 14.4 Å². The summed E-state index contributed by atoms with van der Waals surface area (Å²) in [7, 11) is 1.33. The molecule has 2 atom stereocenters. The maximum absolute atomic E-state index is 12.3. The number of carbonyl (C=O) groups excluding carboxylic acids is 3. The predicted molar refractivity (Wildman–Crippen MR) is 98.1 cm³/mol. The van der Waals surface area contributed by atoms with Crippen LogP contribution >= 0.6 is 23.1 Å². The molecule has 2 aliphatic rings. The fraction of sp³-hybridized carbons (Fsp3) is 0.500. The summed E-state index contributed by atoms with van der Waals surface area (Å²) in [4.78, 5) is 40.9. The van der Waals surface area contributed by atoms with Crippen LogP contribution in [0.25, 0.3) is 0 Å². The summed E-state index contributed by atoms with van der Waals surface area (Å²) >= 11 is 2.50. The zero-order chi connectivity index (χ0) is 18.1. The molecule has 0 fully saturated rings. The Balaban J connectivity index is 1.78. The highest BCUT2D eigenvalue weighted by molar-refractivity contribution is 8.15. The lowest BCUT2D eigenvalue weighted by Gasteiger charge is -2.18. The first-order chi connectivity index (χ1) is 11.9. The molecular weight excluding hydrogens is 362 g/mol. The number of nitrogens with zero attached hydrogens (tertiary/aromatic N) is 1. The van der Waals surface area contributed by atoms with Crippen molar-refractivity contribution in [1.82, 2.24) is 0 Å². The molecule has 3 N–H and O–H groups in total. The second kappa shape index (κ2) is 7.17. The minimum atomic E-state index is -0.601. The van der Waals surface area contributed by atoms with Crippen molar-refractivity contribution in [3.8, 4) is 0 Å². The quantitative estimate of drug-likeness (QED) is 0.771. The molecule has 2 amide bonds. The molecule has 0 saturated heterocycles. The number of fused-ring (bicyclic) bond motifs is 1. The first-order valence-electron chi connectivity index (χ1n) is 7.96. The van der Waals surface area contributed by atoms with Crippen molar-refractivity contribution in [3.63, 3.8) is 0 Å². The highest BCUT2D eigenvalue weighted by atomic mass is 32.2. The normalized spacial score (nSPS) is 22.3. The number of aliphatic imine (C=N–C) groups is 1. The summed E-state index contributed by atoms with van der Waals surface area (Å²) in [6.45, 7) is 2.17. The Morgan fingerprint density at radius 3 is 2.84 bits per heavy atom. The van der Waals surface area contributed by atoms with E-state index in [1.807, 2.05) is 0 Å². The average molecular weight is 381 g/mol. The summed E-state index contributed by atoms with van der Waals surface area (Å²) in [6.07, 6.45) is 2.66. The van der Waals surface area contributed by atoms with Gasteiger partial charge < -0.3 is 15.8 Å². The molecule has 25 heavy (non-hydrogen) atoms. The molecule has 1 aliphatic heterocycles. The average Bonchev–Trinajstić information content (AvgIpc) is 3.05. The summed E-state index contributed by atoms with van der Waals surface area (Å²) < 4.78 is 4.90. The van der Waals surface area contributed by atoms with Gasteiger partial charge in [-0.2, -0.15) is 4.99 Å². The molecule has 0 unspecified atom stereocenters. The first-order valence-corrected chi connectivity index (χ1v) is 9.66. The van der Waals surface area contributed by atoms with Gasteiger partial charge in [0.1, 0.15) is 10.3 Å². The maximum Gasteiger partial charge on any atom is 0.341 e. The van der Waals surface area contributed by atoms with Gasteiger partial charge in [-0.05, 0) is 30.7 Å². The molecule has 0 spiro atoms. The summed E-state index contributed by atoms with van der Waals surface area (Å²) in [5.41, 5.74) is 6.93. The highest BCUT2D eigenvalue weighted by Gasteiger charge is 2.32. The molecule has 7 nitrogen and oxygen atoms in total. The molecule has 1 aliphatic carbocycles. The topological polar surface area (TPSA) is 111 Å². The Morgan fingerprint density at radius 2 is 2.20 bits per heavy atom. The number of thioether (sulfide) groups is 1. The SMILES string of the molecule is COC(=O)c1c(NC(=O)C[C@@H]2SC(N)=NC2=O)sc2c1CC[C@H](C)C2. The summed E-state index contributed by atoms with van der Waals surface area (Å²) in [5.74, 6) is -0.633. The predicted octanol–water partition coefficient (Wildman–Crippen LogP) is 1.94. The van der Waals surface area contributed by atoms with Gasteiger partial charge in [-0.3, -0.25) is 9.59 Å². The van der Waals surface area contributed by atoms with Crippen LogP contribution in [0.5, 0.6) is 0 Å². The fourth-order valence-corrected chi connectivity index (χ4v) is 5.27. The zero-order valence-corrected chi connectivity index (χ0v) is 15.6. The fourth-order valence-electron chi connectivity index (χ4n) is 3.03. The van der Waals surface area contributed by atoms with Gasteiger partial charge in [-0.1, -0.05) is 18.7 Å². The largest absolute Gasteiger partial charge is 0.465 e. The second-order valence-electron chi connectivity index (χ2n) is 6.19. The molecule has 0 aromatic carbocycles. The molecule has 2 heterocycles. The maximum atomic E-state index is 12.3. The van der Waals surface area contributed by atoms with Gasteiger partial charge in [0, 0.05) is 11.3 Å². The Bertz CT molecular complexity index is 772. The van der Waals surface area contributed by atoms with Gasteiger partial charge in [0.05, 0.1) is 12.7 Å². The third-order valence-corrected chi connectivity index (χ3v) is 6.44. The third-order valence-electron chi connectivity index (χ3n) is 4.28. The highest BCUT2D eigenvalue weighted by Crippen LogP contribution is 2.40. The molecule has 0 saturated carbocycles. The van der Waals surface area contributed by atoms with Crippen LogP contribution in [0.1, 0.15) is 40.6 Å². The standard InChI is InChI=1S/C16H19N3O4S2/c1-7-3-4-8-9(5-7)24-14(12(8)15(22)23-2)18-11(20)6-10-13(21)19-16(17)25-10/h7,10H,3-6H2,1-2H3,(H,18,20)(H2,17,19,21)/t7-,10-/m0/s1. The molecule has 1 aromatic heterocycles. The van der Waals surface area contributed by atoms with E-state index in [1.54, 1.807) is 0 Å². The summed E-state index contributed by atoms with van der Waals surface area (Å²) in [5, 5.41) is 2.86. The van der Waals surface area contributed by atoms with Crippen molar-refractivity contribution in [2.45, 2.75) is 37.9 Å². The van der Waals surface area contributed by atoms with Gasteiger partial charge >= 0.3 is 5.97 Å². The number of nitrogens with two attached hydrogens (primary N) is 1. The van der Waals surface area contributed by atoms with E-state index in [0.29, 0.717) is 16.5 Å². The van der Waals surface area contributed by atoms with E-state index in [2.05, 4.69) is 17.2 Å². The number of hydrogen-bond donors (Lipinski definition) is 2. The van der Waals surface area contributed by atoms with Crippen molar-refractivity contribution in [1.29, 1.82) is 0 Å². The number of anilines is 1. The van der Waals surface area contributed by atoms with Gasteiger partial charge in [0.2, 0.25) is 5.91 Å². The second-order valence-corrected chi connectivity index (χ2v) is 8.52. The monoisotopic (exact) mass is 381 g/mol. The van der Waals surface area contributed by atoms with Crippen LogP contribution < -0.4 is 11.1 Å². The van der Waals surface area contributed by atoms with Crippen molar-refractivity contribution in [3.05, 3.63) is 16.0 Å². The van der Waals surface area contributed by atoms with Crippen LogP contribution in [0.15, 0.2) is 4.99 Å². The molecule has 0 bridgehead atoms. The van der Waals surface area contributed by atoms with E-state index >= 15 is 0 Å². The number of ether oxygens (including phenoxy) is 1. The van der Waals surface area contributed by atoms with E-state index < -0.39 is 17.1 Å². The minimum absolute atomic E-state index is 0.0344. The number of rotatable bonds is 4. The number of methoxy groups -OCH3 is 1. The Hall–Kier alpha value is -1.87. The van der Waals surface area contributed by atoms with Crippen LogP contribution in [0.2, 0.25) is 0 Å². The number of amides is 2. The molecular formula is C16H19N3O4S2. The van der Waals surface area contributed by atoms with Gasteiger partial charge in [-0.15, -0.1) is 11.3 Å². The number of amidine groups is 1. The van der Waals surface area contributed by atoms with Crippen LogP contribution in [-0.2, 0) is 27.2 Å². The van der Waals surface area contributed by atoms with Gasteiger partial charge in [-0.25, -0.2) is 4.79 Å². The Kier molecular flexibility index (Phi) is 5.14. The minimum Gasteiger partial charge on any atom is -0.465 e. The van der Waals surface area contributed by atoms with Crippen molar-refractivity contribution in [2.24, 2.45) is 16.6 Å². The smallest absolute Gasteiger partial charge is 0.341 e. The molecule has 1 aromatic rings. The lowest BCUT2D eigenvalue weighted by atomic mass is 9.88. The van der Waals surface area contributed by atoms with E-state index in [4.69, 9.17) is 10.5 Å². The van der Waals surface area contributed by atoms with Crippen LogP contribution in [0, 0.1) is 5.92 Å². The van der Waals surface area contributed by atoms with Gasteiger partial charge in [0.25, 0.3) is 5.91 Å². The molecule has 3 rings (SSSR count). The number of nitrogens with one attached hydrogen (secondary N) is 1. The molecule has 134 valence electrons. The van der Waals surface area contributed by atoms with Gasteiger partial charge in [0.15, 0.2) is 5.17 Å². The number of carbonyl (C=O) groups is 3.